The van der Waals surface area contributed by atoms with E-state index in [9.17, 15) is 0 Å². The molecule has 1 nitrogen and oxygen atoms in total. The number of hydrogen-bond donors (Lipinski definition) is 1. The molecule has 94 valence electrons. The lowest BCUT2D eigenvalue weighted by molar-refractivity contribution is 0.449. The van der Waals surface area contributed by atoms with E-state index < -0.39 is 0 Å². The lowest BCUT2D eigenvalue weighted by atomic mass is 10.1. The van der Waals surface area contributed by atoms with Crippen LogP contribution in [0.2, 0.25) is 0 Å². The first-order chi connectivity index (χ1) is 8.08. The summed E-state index contributed by atoms with van der Waals surface area (Å²) in [5.74, 6) is 0. The highest BCUT2D eigenvalue weighted by molar-refractivity contribution is 5.14. The Morgan fingerprint density at radius 1 is 1.06 bits per heavy atom. The molecule has 17 heavy (non-hydrogen) atoms. The summed E-state index contributed by atoms with van der Waals surface area (Å²) < 4.78 is 0. The van der Waals surface area contributed by atoms with Crippen molar-refractivity contribution in [2.45, 2.75) is 45.6 Å². The number of benzene rings is 1. The first-order valence-electron chi connectivity index (χ1n) is 6.52. The molecule has 1 rings (SSSR count). The van der Waals surface area contributed by atoms with Gasteiger partial charge in [-0.15, -0.1) is 0 Å². The van der Waals surface area contributed by atoms with Crippen LogP contribution in [0.5, 0.6) is 0 Å². The molecule has 0 unspecified atom stereocenters. The highest BCUT2D eigenvalue weighted by atomic mass is 14.9. The SMILES string of the molecule is CC(C)(C)NC/C=C/CCCc1ccccc1. The van der Waals surface area contributed by atoms with Crippen LogP contribution >= 0.6 is 0 Å². The number of aryl methyl sites for hydroxylation is 1. The highest BCUT2D eigenvalue weighted by Crippen LogP contribution is 2.04. The van der Waals surface area contributed by atoms with E-state index in [4.69, 9.17) is 0 Å². The Balaban J connectivity index is 2.06. The van der Waals surface area contributed by atoms with Crippen molar-refractivity contribution in [2.75, 3.05) is 6.54 Å². The predicted molar refractivity (Wildman–Crippen MR) is 76.3 cm³/mol. The zero-order valence-electron chi connectivity index (χ0n) is 11.4. The third-order valence-electron chi connectivity index (χ3n) is 2.60. The topological polar surface area (TPSA) is 12.0 Å². The van der Waals surface area contributed by atoms with E-state index in [1.54, 1.807) is 0 Å². The van der Waals surface area contributed by atoms with Gasteiger partial charge in [0.2, 0.25) is 0 Å². The Morgan fingerprint density at radius 3 is 2.41 bits per heavy atom. The van der Waals surface area contributed by atoms with Crippen molar-refractivity contribution in [1.29, 1.82) is 0 Å². The highest BCUT2D eigenvalue weighted by Gasteiger charge is 2.05. The van der Waals surface area contributed by atoms with Gasteiger partial charge in [0.25, 0.3) is 0 Å². The molecule has 0 heterocycles. The Kier molecular flexibility index (Phi) is 5.99. The minimum Gasteiger partial charge on any atom is -0.309 e. The van der Waals surface area contributed by atoms with Gasteiger partial charge in [-0.25, -0.2) is 0 Å². The number of nitrogens with one attached hydrogen (secondary N) is 1. The van der Waals surface area contributed by atoms with Gasteiger partial charge in [0.15, 0.2) is 0 Å². The lowest BCUT2D eigenvalue weighted by Crippen LogP contribution is -2.35. The van der Waals surface area contributed by atoms with Gasteiger partial charge in [0.05, 0.1) is 0 Å². The third-order valence-corrected chi connectivity index (χ3v) is 2.60. The number of allylic oxidation sites excluding steroid dienone is 1. The van der Waals surface area contributed by atoms with E-state index in [1.165, 1.54) is 24.8 Å². The fourth-order valence-corrected chi connectivity index (χ4v) is 1.64. The number of unbranched alkanes of at least 4 members (excludes halogenated alkanes) is 1. The molecule has 0 fully saturated rings. The molecule has 0 aliphatic carbocycles. The first kappa shape index (κ1) is 14.0. The van der Waals surface area contributed by atoms with Gasteiger partial charge in [0.1, 0.15) is 0 Å². The fraction of sp³-hybridized carbons (Fsp3) is 0.500. The number of hydrogen-bond acceptors (Lipinski definition) is 1. The van der Waals surface area contributed by atoms with Crippen molar-refractivity contribution in [1.82, 2.24) is 5.32 Å². The van der Waals surface area contributed by atoms with Gasteiger partial charge in [0, 0.05) is 12.1 Å². The Labute approximate surface area is 106 Å². The summed E-state index contributed by atoms with van der Waals surface area (Å²) in [5.41, 5.74) is 1.66. The maximum absolute atomic E-state index is 3.44. The smallest absolute Gasteiger partial charge is 0.0139 e. The van der Waals surface area contributed by atoms with E-state index in [0.29, 0.717) is 0 Å². The first-order valence-corrected chi connectivity index (χ1v) is 6.52. The molecule has 0 bridgehead atoms. The molecule has 0 aromatic heterocycles. The summed E-state index contributed by atoms with van der Waals surface area (Å²) in [4.78, 5) is 0. The van der Waals surface area contributed by atoms with Crippen LogP contribution in [0.4, 0.5) is 0 Å². The van der Waals surface area contributed by atoms with Crippen LogP contribution in [0.25, 0.3) is 0 Å². The molecule has 0 atom stereocenters. The molecular formula is C16H25N. The molecule has 0 saturated carbocycles. The van der Waals surface area contributed by atoms with E-state index in [0.717, 1.165) is 6.54 Å². The molecule has 0 radical (unpaired) electrons. The second kappa shape index (κ2) is 7.29. The van der Waals surface area contributed by atoms with Gasteiger partial charge >= 0.3 is 0 Å². The lowest BCUT2D eigenvalue weighted by Gasteiger charge is -2.18. The van der Waals surface area contributed by atoms with Gasteiger partial charge in [-0.05, 0) is 45.6 Å². The molecule has 0 saturated heterocycles. The fourth-order valence-electron chi connectivity index (χ4n) is 1.64. The average molecular weight is 231 g/mol. The van der Waals surface area contributed by atoms with Crippen LogP contribution in [0.3, 0.4) is 0 Å². The van der Waals surface area contributed by atoms with Crippen LogP contribution in [0, 0.1) is 0 Å². The molecule has 1 aromatic rings. The van der Waals surface area contributed by atoms with Crippen molar-refractivity contribution in [2.24, 2.45) is 0 Å². The largest absolute Gasteiger partial charge is 0.309 e. The summed E-state index contributed by atoms with van der Waals surface area (Å²) in [6.45, 7) is 7.54. The maximum atomic E-state index is 3.44. The van der Waals surface area contributed by atoms with E-state index in [2.05, 4.69) is 68.6 Å². The van der Waals surface area contributed by atoms with Crippen LogP contribution in [0.15, 0.2) is 42.5 Å². The molecular weight excluding hydrogens is 206 g/mol. The van der Waals surface area contributed by atoms with Gasteiger partial charge in [-0.1, -0.05) is 42.5 Å². The van der Waals surface area contributed by atoms with Gasteiger partial charge in [-0.2, -0.15) is 0 Å². The summed E-state index contributed by atoms with van der Waals surface area (Å²) in [7, 11) is 0. The van der Waals surface area contributed by atoms with Crippen LogP contribution < -0.4 is 5.32 Å². The normalized spacial score (nSPS) is 12.2. The second-order valence-electron chi connectivity index (χ2n) is 5.48. The zero-order valence-corrected chi connectivity index (χ0v) is 11.4. The van der Waals surface area contributed by atoms with E-state index in [-0.39, 0.29) is 5.54 Å². The zero-order chi connectivity index (χ0) is 12.6. The van der Waals surface area contributed by atoms with Crippen LogP contribution in [-0.4, -0.2) is 12.1 Å². The molecule has 0 spiro atoms. The minimum absolute atomic E-state index is 0.217. The quantitative estimate of drug-likeness (QED) is 0.577. The van der Waals surface area contributed by atoms with Crippen molar-refractivity contribution < 1.29 is 0 Å². The molecule has 1 heteroatoms. The van der Waals surface area contributed by atoms with Gasteiger partial charge < -0.3 is 5.32 Å². The van der Waals surface area contributed by atoms with E-state index in [1.807, 2.05) is 0 Å². The summed E-state index contributed by atoms with van der Waals surface area (Å²) in [6.07, 6.45) is 8.09. The summed E-state index contributed by atoms with van der Waals surface area (Å²) in [5, 5.41) is 3.44. The molecule has 0 amide bonds. The van der Waals surface area contributed by atoms with Crippen molar-refractivity contribution >= 4 is 0 Å². The van der Waals surface area contributed by atoms with Gasteiger partial charge in [-0.3, -0.25) is 0 Å². The van der Waals surface area contributed by atoms with Crippen molar-refractivity contribution in [3.63, 3.8) is 0 Å². The van der Waals surface area contributed by atoms with E-state index >= 15 is 0 Å². The molecule has 1 N–H and O–H groups in total. The minimum atomic E-state index is 0.217. The maximum Gasteiger partial charge on any atom is 0.0139 e. The molecule has 1 aromatic carbocycles. The Bertz CT molecular complexity index is 319. The summed E-state index contributed by atoms with van der Waals surface area (Å²) in [6, 6.07) is 10.7. The average Bonchev–Trinajstić information content (AvgIpc) is 2.28. The van der Waals surface area contributed by atoms with Crippen molar-refractivity contribution in [3.05, 3.63) is 48.0 Å². The van der Waals surface area contributed by atoms with Crippen molar-refractivity contribution in [3.8, 4) is 0 Å². The molecule has 0 aliphatic heterocycles. The van der Waals surface area contributed by atoms with Crippen LogP contribution in [0.1, 0.15) is 39.2 Å². The predicted octanol–water partition coefficient (Wildman–Crippen LogP) is 3.95. The second-order valence-corrected chi connectivity index (χ2v) is 5.48. The third kappa shape index (κ3) is 7.76. The Morgan fingerprint density at radius 2 is 1.76 bits per heavy atom. The summed E-state index contributed by atoms with van der Waals surface area (Å²) >= 11 is 0. The number of rotatable bonds is 6. The van der Waals surface area contributed by atoms with Crippen LogP contribution in [-0.2, 0) is 6.42 Å². The monoisotopic (exact) mass is 231 g/mol. The Hall–Kier alpha value is -1.08. The molecule has 0 aliphatic rings. The standard InChI is InChI=1S/C16H25N/c1-16(2,3)17-14-10-5-4-7-11-15-12-8-6-9-13-15/h5-6,8-10,12-13,17H,4,7,11,14H2,1-3H3/b10-5+.